The molecule has 1 atom stereocenters. The average Bonchev–Trinajstić information content (AvgIpc) is 1.91. The minimum absolute atomic E-state index is 0.246. The van der Waals surface area contributed by atoms with Gasteiger partial charge in [0.25, 0.3) is 0 Å². The second kappa shape index (κ2) is 3.30. The fourth-order valence-corrected chi connectivity index (χ4v) is 0.807. The summed E-state index contributed by atoms with van der Waals surface area (Å²) in [6.45, 7) is 0.246. The van der Waals surface area contributed by atoms with E-state index in [1.54, 1.807) is 0 Å². The predicted octanol–water partition coefficient (Wildman–Crippen LogP) is 0.410. The van der Waals surface area contributed by atoms with Crippen molar-refractivity contribution in [2.75, 3.05) is 6.61 Å². The second-order valence-electron chi connectivity index (χ2n) is 2.03. The van der Waals surface area contributed by atoms with Crippen molar-refractivity contribution in [3.8, 4) is 0 Å². The molecular weight excluding hydrogens is 114 g/mol. The van der Waals surface area contributed by atoms with Crippen molar-refractivity contribution in [2.24, 2.45) is 0 Å². The van der Waals surface area contributed by atoms with E-state index in [0.717, 1.165) is 6.42 Å². The number of aliphatic hydroxyl groups excluding tert-OH is 1. The third kappa shape index (κ3) is 1.90. The van der Waals surface area contributed by atoms with Crippen molar-refractivity contribution in [3.05, 3.63) is 24.4 Å². The molecule has 50 valence electrons. The van der Waals surface area contributed by atoms with Gasteiger partial charge in [-0.05, 0) is 18.7 Å². The predicted molar refractivity (Wildman–Crippen MR) is 36.9 cm³/mol. The maximum Gasteiger partial charge on any atom is 0.0463 e. The molecule has 0 spiro atoms. The van der Waals surface area contributed by atoms with Crippen LogP contribution < -0.4 is 5.32 Å². The molecule has 0 aromatic heterocycles. The molecule has 0 saturated carbocycles. The summed E-state index contributed by atoms with van der Waals surface area (Å²) in [6, 6.07) is 0.333. The summed E-state index contributed by atoms with van der Waals surface area (Å²) < 4.78 is 0. The van der Waals surface area contributed by atoms with Crippen LogP contribution in [0.25, 0.3) is 0 Å². The molecule has 1 rings (SSSR count). The van der Waals surface area contributed by atoms with Crippen LogP contribution in [0.2, 0.25) is 0 Å². The Kier molecular flexibility index (Phi) is 2.33. The van der Waals surface area contributed by atoms with Crippen LogP contribution in [0.1, 0.15) is 6.42 Å². The molecule has 0 aliphatic carbocycles. The molecule has 0 amide bonds. The molecule has 1 unspecified atom stereocenters. The molecule has 0 bridgehead atoms. The first-order valence-electron chi connectivity index (χ1n) is 3.14. The Morgan fingerprint density at radius 1 is 1.44 bits per heavy atom. The molecule has 9 heavy (non-hydrogen) atoms. The smallest absolute Gasteiger partial charge is 0.0463 e. The summed E-state index contributed by atoms with van der Waals surface area (Å²) in [4.78, 5) is 0. The van der Waals surface area contributed by atoms with Crippen LogP contribution in [-0.2, 0) is 0 Å². The first-order valence-corrected chi connectivity index (χ1v) is 3.14. The molecule has 0 saturated heterocycles. The van der Waals surface area contributed by atoms with Crippen LogP contribution >= 0.6 is 0 Å². The lowest BCUT2D eigenvalue weighted by Gasteiger charge is -2.13. The van der Waals surface area contributed by atoms with E-state index >= 15 is 0 Å². The first kappa shape index (κ1) is 6.36. The Morgan fingerprint density at radius 3 is 2.89 bits per heavy atom. The molecule has 0 fully saturated rings. The number of allylic oxidation sites excluding steroid dienone is 2. The SMILES string of the molecule is OCCC1C=CC=CN1. The zero-order chi connectivity index (χ0) is 6.53. The van der Waals surface area contributed by atoms with E-state index in [-0.39, 0.29) is 6.61 Å². The molecule has 1 aliphatic rings. The molecule has 0 aromatic carbocycles. The van der Waals surface area contributed by atoms with Crippen molar-refractivity contribution in [3.63, 3.8) is 0 Å². The number of dihydropyridines is 1. The fraction of sp³-hybridized carbons (Fsp3) is 0.429. The highest BCUT2D eigenvalue weighted by Crippen LogP contribution is 1.97. The lowest BCUT2D eigenvalue weighted by Crippen LogP contribution is -2.24. The maximum atomic E-state index is 8.52. The van der Waals surface area contributed by atoms with Crippen molar-refractivity contribution in [1.82, 2.24) is 5.32 Å². The van der Waals surface area contributed by atoms with Crippen LogP contribution in [-0.4, -0.2) is 17.8 Å². The molecule has 2 N–H and O–H groups in total. The summed E-state index contributed by atoms with van der Waals surface area (Å²) in [6.07, 6.45) is 8.64. The quantitative estimate of drug-likeness (QED) is 0.560. The molecule has 2 heteroatoms. The van der Waals surface area contributed by atoms with Gasteiger partial charge < -0.3 is 10.4 Å². The zero-order valence-electron chi connectivity index (χ0n) is 5.25. The first-order chi connectivity index (χ1) is 4.43. The molecule has 0 aromatic rings. The Bertz CT molecular complexity index is 129. The van der Waals surface area contributed by atoms with Crippen LogP contribution in [0.15, 0.2) is 24.4 Å². The number of hydrogen-bond donors (Lipinski definition) is 2. The maximum absolute atomic E-state index is 8.52. The van der Waals surface area contributed by atoms with Crippen LogP contribution in [0.5, 0.6) is 0 Å². The van der Waals surface area contributed by atoms with Crippen LogP contribution in [0, 0.1) is 0 Å². The summed E-state index contributed by atoms with van der Waals surface area (Å²) in [5.41, 5.74) is 0. The Labute approximate surface area is 54.9 Å². The van der Waals surface area contributed by atoms with Crippen molar-refractivity contribution in [1.29, 1.82) is 0 Å². The Morgan fingerprint density at radius 2 is 2.33 bits per heavy atom. The number of rotatable bonds is 2. The van der Waals surface area contributed by atoms with Crippen molar-refractivity contribution in [2.45, 2.75) is 12.5 Å². The van der Waals surface area contributed by atoms with Gasteiger partial charge >= 0.3 is 0 Å². The number of aliphatic hydroxyl groups is 1. The van der Waals surface area contributed by atoms with Gasteiger partial charge in [0, 0.05) is 12.6 Å². The van der Waals surface area contributed by atoms with Gasteiger partial charge in [0.2, 0.25) is 0 Å². The highest BCUT2D eigenvalue weighted by molar-refractivity contribution is 5.11. The summed E-state index contributed by atoms with van der Waals surface area (Å²) in [7, 11) is 0. The molecule has 2 nitrogen and oxygen atoms in total. The van der Waals surface area contributed by atoms with E-state index in [1.807, 2.05) is 24.4 Å². The van der Waals surface area contributed by atoms with Gasteiger partial charge in [0.15, 0.2) is 0 Å². The minimum Gasteiger partial charge on any atom is -0.396 e. The Hall–Kier alpha value is -0.760. The molecular formula is C7H11NO. The summed E-state index contributed by atoms with van der Waals surface area (Å²) in [5, 5.41) is 11.6. The topological polar surface area (TPSA) is 32.3 Å². The molecule has 1 aliphatic heterocycles. The van der Waals surface area contributed by atoms with Crippen LogP contribution in [0.4, 0.5) is 0 Å². The highest BCUT2D eigenvalue weighted by atomic mass is 16.3. The lowest BCUT2D eigenvalue weighted by molar-refractivity contribution is 0.278. The lowest BCUT2D eigenvalue weighted by atomic mass is 10.2. The van der Waals surface area contributed by atoms with E-state index in [4.69, 9.17) is 5.11 Å². The highest BCUT2D eigenvalue weighted by Gasteiger charge is 2.00. The normalized spacial score (nSPS) is 23.9. The standard InChI is InChI=1S/C7H11NO/c9-6-4-7-3-1-2-5-8-7/h1-3,5,7-9H,4,6H2. The summed E-state index contributed by atoms with van der Waals surface area (Å²) >= 11 is 0. The summed E-state index contributed by atoms with van der Waals surface area (Å²) in [5.74, 6) is 0. The van der Waals surface area contributed by atoms with Crippen LogP contribution in [0.3, 0.4) is 0 Å². The minimum atomic E-state index is 0.246. The van der Waals surface area contributed by atoms with Gasteiger partial charge in [-0.2, -0.15) is 0 Å². The second-order valence-corrected chi connectivity index (χ2v) is 2.03. The van der Waals surface area contributed by atoms with Crippen molar-refractivity contribution < 1.29 is 5.11 Å². The van der Waals surface area contributed by atoms with E-state index in [0.29, 0.717) is 6.04 Å². The van der Waals surface area contributed by atoms with Gasteiger partial charge in [-0.25, -0.2) is 0 Å². The van der Waals surface area contributed by atoms with Gasteiger partial charge in [0.1, 0.15) is 0 Å². The molecule has 1 heterocycles. The van der Waals surface area contributed by atoms with E-state index < -0.39 is 0 Å². The van der Waals surface area contributed by atoms with E-state index in [1.165, 1.54) is 0 Å². The molecule has 0 radical (unpaired) electrons. The number of hydrogen-bond acceptors (Lipinski definition) is 2. The fourth-order valence-electron chi connectivity index (χ4n) is 0.807. The van der Waals surface area contributed by atoms with E-state index in [2.05, 4.69) is 5.32 Å². The zero-order valence-corrected chi connectivity index (χ0v) is 5.25. The third-order valence-corrected chi connectivity index (χ3v) is 1.30. The number of nitrogens with one attached hydrogen (secondary N) is 1. The van der Waals surface area contributed by atoms with Gasteiger partial charge in [0.05, 0.1) is 0 Å². The third-order valence-electron chi connectivity index (χ3n) is 1.30. The van der Waals surface area contributed by atoms with E-state index in [9.17, 15) is 0 Å². The monoisotopic (exact) mass is 125 g/mol. The average molecular weight is 125 g/mol. The largest absolute Gasteiger partial charge is 0.396 e. The van der Waals surface area contributed by atoms with Gasteiger partial charge in [-0.1, -0.05) is 12.2 Å². The Balaban J connectivity index is 2.28. The van der Waals surface area contributed by atoms with Gasteiger partial charge in [-0.15, -0.1) is 0 Å². The van der Waals surface area contributed by atoms with Crippen molar-refractivity contribution >= 4 is 0 Å². The van der Waals surface area contributed by atoms with Gasteiger partial charge in [-0.3, -0.25) is 0 Å².